The SMILES string of the molecule is COc1cc(C(=O)CCC2CCN(Cc3ccc(-c4ccccc4)s3)CC2)ccc1Cl. The first-order chi connectivity index (χ1) is 15.1. The maximum Gasteiger partial charge on any atom is 0.163 e. The van der Waals surface area contributed by atoms with Crippen molar-refractivity contribution >= 4 is 28.7 Å². The highest BCUT2D eigenvalue weighted by Crippen LogP contribution is 2.31. The van der Waals surface area contributed by atoms with Gasteiger partial charge in [0, 0.05) is 28.3 Å². The van der Waals surface area contributed by atoms with Crippen LogP contribution in [-0.2, 0) is 6.54 Å². The molecule has 2 heterocycles. The minimum atomic E-state index is 0.171. The van der Waals surface area contributed by atoms with Crippen LogP contribution in [0.4, 0.5) is 0 Å². The van der Waals surface area contributed by atoms with E-state index < -0.39 is 0 Å². The number of likely N-dealkylation sites (tertiary alicyclic amines) is 1. The normalized spacial score (nSPS) is 15.2. The summed E-state index contributed by atoms with van der Waals surface area (Å²) in [7, 11) is 1.57. The number of hydrogen-bond donors (Lipinski definition) is 0. The fourth-order valence-electron chi connectivity index (χ4n) is 4.19. The maximum atomic E-state index is 12.6. The second-order valence-corrected chi connectivity index (χ2v) is 9.74. The van der Waals surface area contributed by atoms with Gasteiger partial charge in [-0.05, 0) is 74.2 Å². The van der Waals surface area contributed by atoms with Gasteiger partial charge in [0.1, 0.15) is 5.75 Å². The van der Waals surface area contributed by atoms with Crippen LogP contribution < -0.4 is 4.74 Å². The Hall–Kier alpha value is -2.14. The molecular formula is C26H28ClNO2S. The molecule has 1 aliphatic rings. The largest absolute Gasteiger partial charge is 0.495 e. The summed E-state index contributed by atoms with van der Waals surface area (Å²) in [5.41, 5.74) is 1.98. The van der Waals surface area contributed by atoms with Crippen LogP contribution in [0.3, 0.4) is 0 Å². The molecule has 4 rings (SSSR count). The number of halogens is 1. The Kier molecular flexibility index (Phi) is 7.44. The minimum absolute atomic E-state index is 0.171. The van der Waals surface area contributed by atoms with Crippen molar-refractivity contribution in [3.63, 3.8) is 0 Å². The molecule has 1 aliphatic heterocycles. The molecule has 1 aromatic heterocycles. The van der Waals surface area contributed by atoms with Crippen molar-refractivity contribution in [3.05, 3.63) is 76.1 Å². The number of ketones is 1. The number of methoxy groups -OCH3 is 1. The third-order valence-electron chi connectivity index (χ3n) is 6.06. The van der Waals surface area contributed by atoms with Crippen molar-refractivity contribution < 1.29 is 9.53 Å². The zero-order chi connectivity index (χ0) is 21.6. The van der Waals surface area contributed by atoms with E-state index >= 15 is 0 Å². The van der Waals surface area contributed by atoms with Gasteiger partial charge in [-0.15, -0.1) is 11.3 Å². The van der Waals surface area contributed by atoms with Crippen molar-refractivity contribution in [2.75, 3.05) is 20.2 Å². The van der Waals surface area contributed by atoms with Crippen LogP contribution >= 0.6 is 22.9 Å². The molecule has 1 fully saturated rings. The topological polar surface area (TPSA) is 29.5 Å². The van der Waals surface area contributed by atoms with Crippen LogP contribution in [0, 0.1) is 5.92 Å². The van der Waals surface area contributed by atoms with Gasteiger partial charge < -0.3 is 4.74 Å². The summed E-state index contributed by atoms with van der Waals surface area (Å²) in [5.74, 6) is 1.35. The maximum absolute atomic E-state index is 12.6. The first-order valence-corrected chi connectivity index (χ1v) is 12.0. The van der Waals surface area contributed by atoms with Crippen LogP contribution in [0.1, 0.15) is 40.9 Å². The summed E-state index contributed by atoms with van der Waals surface area (Å²) in [5, 5.41) is 0.535. The Balaban J connectivity index is 1.23. The summed E-state index contributed by atoms with van der Waals surface area (Å²) in [6, 6.07) is 20.4. The van der Waals surface area contributed by atoms with Crippen LogP contribution in [-0.4, -0.2) is 30.9 Å². The Morgan fingerprint density at radius 1 is 1.10 bits per heavy atom. The van der Waals surface area contributed by atoms with Crippen LogP contribution in [0.5, 0.6) is 5.75 Å². The average Bonchev–Trinajstić information content (AvgIpc) is 3.28. The van der Waals surface area contributed by atoms with Gasteiger partial charge in [-0.3, -0.25) is 9.69 Å². The predicted octanol–water partition coefficient (Wildman–Crippen LogP) is 6.95. The van der Waals surface area contributed by atoms with E-state index in [2.05, 4.69) is 47.4 Å². The van der Waals surface area contributed by atoms with E-state index in [0.29, 0.717) is 28.7 Å². The molecular weight excluding hydrogens is 426 g/mol. The number of rotatable bonds is 8. The number of Topliss-reactive ketones (excluding diaryl/α,β-unsaturated/α-hetero) is 1. The fourth-order valence-corrected chi connectivity index (χ4v) is 5.44. The average molecular weight is 454 g/mol. The molecule has 5 heteroatoms. The van der Waals surface area contributed by atoms with E-state index in [1.807, 2.05) is 11.3 Å². The van der Waals surface area contributed by atoms with Gasteiger partial charge in [0.15, 0.2) is 5.78 Å². The van der Waals surface area contributed by atoms with Crippen LogP contribution in [0.15, 0.2) is 60.7 Å². The second-order valence-electron chi connectivity index (χ2n) is 8.16. The van der Waals surface area contributed by atoms with E-state index in [9.17, 15) is 4.79 Å². The van der Waals surface area contributed by atoms with E-state index in [1.165, 1.54) is 15.3 Å². The molecule has 0 radical (unpaired) electrons. The van der Waals surface area contributed by atoms with E-state index in [0.717, 1.165) is 38.9 Å². The Bertz CT molecular complexity index is 1010. The Morgan fingerprint density at radius 3 is 2.61 bits per heavy atom. The molecule has 0 N–H and O–H groups in total. The molecule has 0 aliphatic carbocycles. The summed E-state index contributed by atoms with van der Waals surface area (Å²) >= 11 is 7.95. The molecule has 162 valence electrons. The monoisotopic (exact) mass is 453 g/mol. The lowest BCUT2D eigenvalue weighted by Crippen LogP contribution is -2.33. The quantitative estimate of drug-likeness (QED) is 0.345. The van der Waals surface area contributed by atoms with E-state index in [1.54, 1.807) is 25.3 Å². The molecule has 3 aromatic rings. The number of piperidine rings is 1. The lowest BCUT2D eigenvalue weighted by atomic mass is 9.90. The van der Waals surface area contributed by atoms with Crippen molar-refractivity contribution in [1.29, 1.82) is 0 Å². The number of benzene rings is 2. The minimum Gasteiger partial charge on any atom is -0.495 e. The number of ether oxygens (including phenoxy) is 1. The summed E-state index contributed by atoms with van der Waals surface area (Å²) in [6.07, 6.45) is 3.86. The Morgan fingerprint density at radius 2 is 1.87 bits per heavy atom. The first kappa shape index (κ1) is 22.1. The molecule has 31 heavy (non-hydrogen) atoms. The third-order valence-corrected chi connectivity index (χ3v) is 7.49. The van der Waals surface area contributed by atoms with Crippen molar-refractivity contribution in [2.45, 2.75) is 32.2 Å². The van der Waals surface area contributed by atoms with Crippen molar-refractivity contribution in [3.8, 4) is 16.2 Å². The van der Waals surface area contributed by atoms with Crippen molar-refractivity contribution in [2.24, 2.45) is 5.92 Å². The molecule has 0 spiro atoms. The highest BCUT2D eigenvalue weighted by Gasteiger charge is 2.21. The van der Waals surface area contributed by atoms with Gasteiger partial charge in [-0.2, -0.15) is 0 Å². The zero-order valence-electron chi connectivity index (χ0n) is 17.9. The van der Waals surface area contributed by atoms with Crippen molar-refractivity contribution in [1.82, 2.24) is 4.90 Å². The van der Waals surface area contributed by atoms with E-state index in [4.69, 9.17) is 16.3 Å². The standard InChI is InChI=1S/C26H28ClNO2S/c1-30-25-17-21(8-10-23(25)27)24(29)11-7-19-13-15-28(16-14-19)18-22-9-12-26(31-22)20-5-3-2-4-6-20/h2-6,8-10,12,17,19H,7,11,13-16,18H2,1H3. The molecule has 1 saturated heterocycles. The predicted molar refractivity (Wildman–Crippen MR) is 129 cm³/mol. The van der Waals surface area contributed by atoms with Gasteiger partial charge >= 0.3 is 0 Å². The fraction of sp³-hybridized carbons (Fsp3) is 0.346. The molecule has 3 nitrogen and oxygen atoms in total. The molecule has 2 aromatic carbocycles. The number of carbonyl (C=O) groups is 1. The van der Waals surface area contributed by atoms with Crippen LogP contribution in [0.25, 0.3) is 10.4 Å². The molecule has 0 atom stereocenters. The lowest BCUT2D eigenvalue weighted by Gasteiger charge is -2.31. The van der Waals surface area contributed by atoms with Gasteiger partial charge in [0.05, 0.1) is 12.1 Å². The van der Waals surface area contributed by atoms with Gasteiger partial charge in [-0.1, -0.05) is 41.9 Å². The zero-order valence-corrected chi connectivity index (χ0v) is 19.4. The van der Waals surface area contributed by atoms with E-state index in [-0.39, 0.29) is 5.78 Å². The number of carbonyl (C=O) groups excluding carboxylic acids is 1. The van der Waals surface area contributed by atoms with Gasteiger partial charge in [0.25, 0.3) is 0 Å². The smallest absolute Gasteiger partial charge is 0.163 e. The highest BCUT2D eigenvalue weighted by atomic mass is 35.5. The number of thiophene rings is 1. The summed E-state index contributed by atoms with van der Waals surface area (Å²) < 4.78 is 5.23. The lowest BCUT2D eigenvalue weighted by molar-refractivity contribution is 0.0961. The first-order valence-electron chi connectivity index (χ1n) is 10.9. The third kappa shape index (κ3) is 5.76. The number of hydrogen-bond acceptors (Lipinski definition) is 4. The van der Waals surface area contributed by atoms with Gasteiger partial charge in [-0.25, -0.2) is 0 Å². The number of nitrogens with zero attached hydrogens (tertiary/aromatic N) is 1. The Labute approximate surface area is 193 Å². The summed E-state index contributed by atoms with van der Waals surface area (Å²) in [4.78, 5) is 17.9. The van der Waals surface area contributed by atoms with Crippen LogP contribution in [0.2, 0.25) is 5.02 Å². The highest BCUT2D eigenvalue weighted by molar-refractivity contribution is 7.15. The molecule has 0 bridgehead atoms. The summed E-state index contributed by atoms with van der Waals surface area (Å²) in [6.45, 7) is 3.23. The molecule has 0 unspecified atom stereocenters. The second kappa shape index (κ2) is 10.4. The molecule has 0 saturated carbocycles. The van der Waals surface area contributed by atoms with Gasteiger partial charge in [0.2, 0.25) is 0 Å². The molecule has 0 amide bonds.